The number of quaternary nitrogens is 1. The predicted molar refractivity (Wildman–Crippen MR) is 134 cm³/mol. The lowest BCUT2D eigenvalue weighted by molar-refractivity contribution is -0.914. The molecule has 1 heterocycles. The van der Waals surface area contributed by atoms with Crippen LogP contribution in [0, 0.1) is 0 Å². The number of nitrogens with one attached hydrogen (secondary N) is 2. The topological polar surface area (TPSA) is 67.6 Å². The van der Waals surface area contributed by atoms with Crippen molar-refractivity contribution in [2.45, 2.75) is 6.54 Å². The molecule has 0 saturated carbocycles. The van der Waals surface area contributed by atoms with Crippen molar-refractivity contribution in [1.29, 1.82) is 0 Å². The largest absolute Gasteiger partial charge is 0.497 e. The number of anilines is 1. The first-order valence-corrected chi connectivity index (χ1v) is 11.4. The van der Waals surface area contributed by atoms with Crippen molar-refractivity contribution in [2.75, 3.05) is 45.3 Å². The molecular weight excluding hydrogens is 428 g/mol. The van der Waals surface area contributed by atoms with Gasteiger partial charge in [-0.05, 0) is 36.4 Å². The highest BCUT2D eigenvalue weighted by Gasteiger charge is 2.20. The van der Waals surface area contributed by atoms with Gasteiger partial charge in [0.05, 0.1) is 46.6 Å². The summed E-state index contributed by atoms with van der Waals surface area (Å²) in [6.45, 7) is 5.26. The van der Waals surface area contributed by atoms with E-state index in [0.717, 1.165) is 38.3 Å². The summed E-state index contributed by atoms with van der Waals surface area (Å²) in [5.74, 6) is 1.06. The summed E-state index contributed by atoms with van der Waals surface area (Å²) in [6.07, 6.45) is 1.56. The van der Waals surface area contributed by atoms with Crippen LogP contribution in [0.1, 0.15) is 21.5 Å². The van der Waals surface area contributed by atoms with Crippen molar-refractivity contribution in [1.82, 2.24) is 5.43 Å². The molecule has 0 spiro atoms. The third-order valence-electron chi connectivity index (χ3n) is 6.07. The number of carbonyl (C=O) groups excluding carboxylic acids is 1. The van der Waals surface area contributed by atoms with Gasteiger partial charge in [-0.15, -0.1) is 0 Å². The highest BCUT2D eigenvalue weighted by molar-refractivity contribution is 5.95. The Morgan fingerprint density at radius 2 is 1.74 bits per heavy atom. The van der Waals surface area contributed by atoms with Gasteiger partial charge in [-0.3, -0.25) is 4.79 Å². The molecule has 0 aliphatic carbocycles. The first kappa shape index (κ1) is 23.3. The number of carbonyl (C=O) groups is 1. The lowest BCUT2D eigenvalue weighted by atomic mass is 10.1. The van der Waals surface area contributed by atoms with Gasteiger partial charge in [0.25, 0.3) is 5.91 Å². The number of benzene rings is 3. The first-order valence-electron chi connectivity index (χ1n) is 11.4. The predicted octanol–water partition coefficient (Wildman–Crippen LogP) is 2.37. The molecular formula is C27H31N4O3+. The Hall–Kier alpha value is -3.84. The molecule has 0 atom stereocenters. The zero-order chi connectivity index (χ0) is 23.8. The fraction of sp³-hybridized carbons (Fsp3) is 0.259. The minimum absolute atomic E-state index is 0.251. The summed E-state index contributed by atoms with van der Waals surface area (Å²) >= 11 is 0. The number of piperazine rings is 1. The van der Waals surface area contributed by atoms with Crippen molar-refractivity contribution >= 4 is 17.8 Å². The van der Waals surface area contributed by atoms with Crippen LogP contribution in [0.4, 0.5) is 5.69 Å². The number of para-hydroxylation sites is 1. The fourth-order valence-corrected chi connectivity index (χ4v) is 4.11. The molecule has 176 valence electrons. The van der Waals surface area contributed by atoms with Crippen molar-refractivity contribution in [3.8, 4) is 11.5 Å². The monoisotopic (exact) mass is 459 g/mol. The Kier molecular flexibility index (Phi) is 7.78. The molecule has 2 N–H and O–H groups in total. The Morgan fingerprint density at radius 1 is 1.00 bits per heavy atom. The van der Waals surface area contributed by atoms with Crippen molar-refractivity contribution in [2.24, 2.45) is 5.10 Å². The third-order valence-corrected chi connectivity index (χ3v) is 6.07. The molecule has 4 rings (SSSR count). The number of methoxy groups -OCH3 is 2. The number of nitrogens with zero attached hydrogens (tertiary/aromatic N) is 2. The van der Waals surface area contributed by atoms with E-state index in [1.807, 2.05) is 36.4 Å². The summed E-state index contributed by atoms with van der Waals surface area (Å²) in [5.41, 5.74) is 6.43. The molecule has 0 aromatic heterocycles. The zero-order valence-corrected chi connectivity index (χ0v) is 19.7. The van der Waals surface area contributed by atoms with Crippen LogP contribution in [0.3, 0.4) is 0 Å². The normalized spacial score (nSPS) is 14.2. The van der Waals surface area contributed by atoms with Gasteiger partial charge in [0.2, 0.25) is 0 Å². The second-order valence-corrected chi connectivity index (χ2v) is 8.25. The number of hydrazone groups is 1. The summed E-state index contributed by atoms with van der Waals surface area (Å²) < 4.78 is 10.5. The number of hydrogen-bond acceptors (Lipinski definition) is 5. The van der Waals surface area contributed by atoms with Gasteiger partial charge >= 0.3 is 0 Å². The van der Waals surface area contributed by atoms with Gasteiger partial charge in [-0.2, -0.15) is 5.10 Å². The molecule has 3 aromatic carbocycles. The quantitative estimate of drug-likeness (QED) is 0.401. The highest BCUT2D eigenvalue weighted by Crippen LogP contribution is 2.23. The molecule has 0 unspecified atom stereocenters. The molecule has 1 aliphatic rings. The third kappa shape index (κ3) is 5.94. The van der Waals surface area contributed by atoms with E-state index in [-0.39, 0.29) is 5.91 Å². The van der Waals surface area contributed by atoms with E-state index in [9.17, 15) is 4.79 Å². The average molecular weight is 460 g/mol. The van der Waals surface area contributed by atoms with E-state index in [0.29, 0.717) is 17.1 Å². The molecule has 7 heteroatoms. The Balaban J connectivity index is 1.27. The molecule has 1 fully saturated rings. The molecule has 0 bridgehead atoms. The van der Waals surface area contributed by atoms with Gasteiger partial charge in [-0.1, -0.05) is 30.3 Å². The van der Waals surface area contributed by atoms with Crippen LogP contribution in [-0.4, -0.2) is 52.5 Å². The van der Waals surface area contributed by atoms with E-state index in [1.165, 1.54) is 11.3 Å². The number of ether oxygens (including phenoxy) is 2. The molecule has 1 saturated heterocycles. The molecule has 34 heavy (non-hydrogen) atoms. The number of amides is 1. The Morgan fingerprint density at radius 3 is 2.41 bits per heavy atom. The Bertz CT molecular complexity index is 1110. The lowest BCUT2D eigenvalue weighted by Crippen LogP contribution is -3.13. The minimum Gasteiger partial charge on any atom is -0.497 e. The summed E-state index contributed by atoms with van der Waals surface area (Å²) in [5, 5.41) is 4.08. The zero-order valence-electron chi connectivity index (χ0n) is 19.7. The second-order valence-electron chi connectivity index (χ2n) is 8.25. The van der Waals surface area contributed by atoms with Crippen LogP contribution < -0.4 is 24.7 Å². The summed E-state index contributed by atoms with van der Waals surface area (Å²) in [6, 6.07) is 23.8. The average Bonchev–Trinajstić information content (AvgIpc) is 2.90. The van der Waals surface area contributed by atoms with Crippen LogP contribution in [-0.2, 0) is 6.54 Å². The minimum atomic E-state index is -0.251. The van der Waals surface area contributed by atoms with Gasteiger partial charge in [0.15, 0.2) is 0 Å². The maximum absolute atomic E-state index is 12.5. The van der Waals surface area contributed by atoms with Gasteiger partial charge < -0.3 is 19.3 Å². The summed E-state index contributed by atoms with van der Waals surface area (Å²) in [7, 11) is 3.18. The number of rotatable bonds is 8. The van der Waals surface area contributed by atoms with Crippen molar-refractivity contribution in [3.63, 3.8) is 0 Å². The molecule has 1 amide bonds. The van der Waals surface area contributed by atoms with Gasteiger partial charge in [0.1, 0.15) is 18.0 Å². The smallest absolute Gasteiger partial charge is 0.271 e. The molecule has 0 radical (unpaired) electrons. The van der Waals surface area contributed by atoms with Gasteiger partial charge in [0, 0.05) is 28.4 Å². The van der Waals surface area contributed by atoms with E-state index in [4.69, 9.17) is 9.47 Å². The van der Waals surface area contributed by atoms with E-state index in [2.05, 4.69) is 45.8 Å². The van der Waals surface area contributed by atoms with Crippen LogP contribution in [0.25, 0.3) is 0 Å². The maximum atomic E-state index is 12.5. The van der Waals surface area contributed by atoms with E-state index < -0.39 is 0 Å². The molecule has 1 aliphatic heterocycles. The SMILES string of the molecule is COc1ccc(/C=N\NC(=O)c2ccc(C[NH+]3CCN(c4ccccc4)CC3)cc2)c(OC)c1. The van der Waals surface area contributed by atoms with Crippen LogP contribution >= 0.6 is 0 Å². The van der Waals surface area contributed by atoms with E-state index >= 15 is 0 Å². The molecule has 3 aromatic rings. The van der Waals surface area contributed by atoms with Gasteiger partial charge in [-0.25, -0.2) is 5.43 Å². The van der Waals surface area contributed by atoms with Crippen molar-refractivity contribution < 1.29 is 19.2 Å². The fourth-order valence-electron chi connectivity index (χ4n) is 4.11. The van der Waals surface area contributed by atoms with Crippen LogP contribution in [0.2, 0.25) is 0 Å². The summed E-state index contributed by atoms with van der Waals surface area (Å²) in [4.78, 5) is 16.5. The lowest BCUT2D eigenvalue weighted by Gasteiger charge is -2.33. The standard InChI is InChI=1S/C27H30N4O3/c1-33-25-13-12-23(26(18-25)34-2)19-28-29-27(32)22-10-8-21(9-11-22)20-30-14-16-31(17-15-30)24-6-4-3-5-7-24/h3-13,18-19H,14-17,20H2,1-2H3,(H,29,32)/p+1/b28-19-. The first-order chi connectivity index (χ1) is 16.7. The van der Waals surface area contributed by atoms with E-state index in [1.54, 1.807) is 31.4 Å². The maximum Gasteiger partial charge on any atom is 0.271 e. The second kappa shape index (κ2) is 11.3. The van der Waals surface area contributed by atoms with Crippen LogP contribution in [0.15, 0.2) is 77.9 Å². The molecule has 7 nitrogen and oxygen atoms in total. The van der Waals surface area contributed by atoms with Crippen LogP contribution in [0.5, 0.6) is 11.5 Å². The number of hydrogen-bond donors (Lipinski definition) is 2. The Labute approximate surface area is 200 Å². The van der Waals surface area contributed by atoms with Crippen molar-refractivity contribution in [3.05, 3.63) is 89.5 Å². The highest BCUT2D eigenvalue weighted by atomic mass is 16.5.